The number of rotatable bonds is 7. The predicted molar refractivity (Wildman–Crippen MR) is 100 cm³/mol. The van der Waals surface area contributed by atoms with Gasteiger partial charge >= 0.3 is 0 Å². The van der Waals surface area contributed by atoms with Crippen molar-refractivity contribution >= 4 is 5.91 Å². The maximum Gasteiger partial charge on any atom is 0.261 e. The summed E-state index contributed by atoms with van der Waals surface area (Å²) in [4.78, 5) is 12.4. The third kappa shape index (κ3) is 5.52. The Morgan fingerprint density at radius 3 is 2.00 bits per heavy atom. The average Bonchev–Trinajstić information content (AvgIpc) is 2.62. The van der Waals surface area contributed by atoms with Gasteiger partial charge < -0.3 is 14.8 Å². The third-order valence-corrected chi connectivity index (χ3v) is 3.78. The standard InChI is InChI=1S/C21H24N2O3/c1-14(2)25-19-11-7-18(8-12-19)15(3)23-21(24)16(4)26-20-9-5-17(13-22)6-10-20/h5-12,14-16H,1-4H3,(H,23,24). The van der Waals surface area contributed by atoms with Crippen LogP contribution in [0.2, 0.25) is 0 Å². The van der Waals surface area contributed by atoms with Gasteiger partial charge in [-0.3, -0.25) is 4.79 Å². The zero-order chi connectivity index (χ0) is 19.1. The van der Waals surface area contributed by atoms with Crippen LogP contribution in [0.15, 0.2) is 48.5 Å². The first-order chi connectivity index (χ1) is 12.4. The van der Waals surface area contributed by atoms with Gasteiger partial charge in [-0.1, -0.05) is 12.1 Å². The minimum atomic E-state index is -0.645. The van der Waals surface area contributed by atoms with Crippen molar-refractivity contribution in [3.63, 3.8) is 0 Å². The summed E-state index contributed by atoms with van der Waals surface area (Å²) in [5.74, 6) is 1.15. The lowest BCUT2D eigenvalue weighted by Crippen LogP contribution is -2.37. The van der Waals surface area contributed by atoms with Crippen molar-refractivity contribution in [2.75, 3.05) is 0 Å². The molecule has 0 radical (unpaired) electrons. The Kier molecular flexibility index (Phi) is 6.62. The van der Waals surface area contributed by atoms with Crippen molar-refractivity contribution in [3.05, 3.63) is 59.7 Å². The molecular weight excluding hydrogens is 328 g/mol. The second-order valence-corrected chi connectivity index (χ2v) is 6.36. The molecule has 1 amide bonds. The van der Waals surface area contributed by atoms with E-state index >= 15 is 0 Å². The van der Waals surface area contributed by atoms with Gasteiger partial charge in [0, 0.05) is 0 Å². The van der Waals surface area contributed by atoms with Gasteiger partial charge in [0.25, 0.3) is 5.91 Å². The van der Waals surface area contributed by atoms with Crippen LogP contribution in [-0.2, 0) is 4.79 Å². The molecule has 0 bridgehead atoms. The van der Waals surface area contributed by atoms with Crippen LogP contribution in [0.25, 0.3) is 0 Å². The van der Waals surface area contributed by atoms with Crippen LogP contribution in [0, 0.1) is 11.3 Å². The third-order valence-electron chi connectivity index (χ3n) is 3.78. The van der Waals surface area contributed by atoms with Crippen molar-refractivity contribution in [3.8, 4) is 17.6 Å². The molecule has 1 N–H and O–H groups in total. The largest absolute Gasteiger partial charge is 0.491 e. The van der Waals surface area contributed by atoms with Crippen LogP contribution >= 0.6 is 0 Å². The quantitative estimate of drug-likeness (QED) is 0.818. The van der Waals surface area contributed by atoms with E-state index in [4.69, 9.17) is 14.7 Å². The van der Waals surface area contributed by atoms with Crippen LogP contribution < -0.4 is 14.8 Å². The van der Waals surface area contributed by atoms with Crippen LogP contribution in [0.5, 0.6) is 11.5 Å². The molecule has 0 aliphatic rings. The van der Waals surface area contributed by atoms with Crippen molar-refractivity contribution < 1.29 is 14.3 Å². The smallest absolute Gasteiger partial charge is 0.261 e. The topological polar surface area (TPSA) is 71.3 Å². The minimum Gasteiger partial charge on any atom is -0.491 e. The number of ether oxygens (including phenoxy) is 2. The molecule has 0 aliphatic heterocycles. The van der Waals surface area contributed by atoms with Crippen LogP contribution in [0.4, 0.5) is 0 Å². The molecule has 2 atom stereocenters. The van der Waals surface area contributed by atoms with E-state index in [1.54, 1.807) is 31.2 Å². The van der Waals surface area contributed by atoms with E-state index in [0.717, 1.165) is 11.3 Å². The van der Waals surface area contributed by atoms with Crippen molar-refractivity contribution in [2.24, 2.45) is 0 Å². The number of nitrogens with one attached hydrogen (secondary N) is 1. The molecular formula is C21H24N2O3. The first-order valence-corrected chi connectivity index (χ1v) is 8.63. The van der Waals surface area contributed by atoms with Crippen molar-refractivity contribution in [1.29, 1.82) is 5.26 Å². The summed E-state index contributed by atoms with van der Waals surface area (Å²) in [7, 11) is 0. The number of nitriles is 1. The Labute approximate surface area is 154 Å². The number of nitrogens with zero attached hydrogens (tertiary/aromatic N) is 1. The van der Waals surface area contributed by atoms with Gasteiger partial charge in [-0.05, 0) is 69.7 Å². The normalized spacial score (nSPS) is 12.8. The van der Waals surface area contributed by atoms with Gasteiger partial charge in [0.2, 0.25) is 0 Å². The highest BCUT2D eigenvalue weighted by molar-refractivity contribution is 5.81. The summed E-state index contributed by atoms with van der Waals surface area (Å²) >= 11 is 0. The van der Waals surface area contributed by atoms with E-state index in [9.17, 15) is 4.79 Å². The van der Waals surface area contributed by atoms with E-state index < -0.39 is 6.10 Å². The average molecular weight is 352 g/mol. The van der Waals surface area contributed by atoms with Gasteiger partial charge in [0.05, 0.1) is 23.8 Å². The lowest BCUT2D eigenvalue weighted by molar-refractivity contribution is -0.127. The number of amides is 1. The minimum absolute atomic E-state index is 0.123. The molecule has 0 spiro atoms. The Morgan fingerprint density at radius 1 is 0.923 bits per heavy atom. The summed E-state index contributed by atoms with van der Waals surface area (Å²) < 4.78 is 11.3. The van der Waals surface area contributed by atoms with Crippen LogP contribution in [0.3, 0.4) is 0 Å². The fraction of sp³-hybridized carbons (Fsp3) is 0.333. The molecule has 26 heavy (non-hydrogen) atoms. The number of carbonyl (C=O) groups is 1. The monoisotopic (exact) mass is 352 g/mol. The van der Waals surface area contributed by atoms with E-state index in [-0.39, 0.29) is 18.1 Å². The molecule has 2 rings (SSSR count). The summed E-state index contributed by atoms with van der Waals surface area (Å²) in [6, 6.07) is 16.2. The molecule has 136 valence electrons. The Balaban J connectivity index is 1.91. The summed E-state index contributed by atoms with van der Waals surface area (Å²) in [6.07, 6.45) is -0.521. The maximum absolute atomic E-state index is 12.4. The van der Waals surface area contributed by atoms with Gasteiger partial charge in [-0.15, -0.1) is 0 Å². The second kappa shape index (κ2) is 8.91. The van der Waals surface area contributed by atoms with Crippen LogP contribution in [0.1, 0.15) is 44.9 Å². The molecule has 5 nitrogen and oxygen atoms in total. The first kappa shape index (κ1) is 19.3. The summed E-state index contributed by atoms with van der Waals surface area (Å²) in [6.45, 7) is 7.57. The lowest BCUT2D eigenvalue weighted by atomic mass is 10.1. The SMILES string of the molecule is CC(C)Oc1ccc(C(C)NC(=O)C(C)Oc2ccc(C#N)cc2)cc1. The summed E-state index contributed by atoms with van der Waals surface area (Å²) in [5.41, 5.74) is 1.54. The highest BCUT2D eigenvalue weighted by Crippen LogP contribution is 2.19. The molecule has 2 unspecified atom stereocenters. The molecule has 0 fully saturated rings. The number of hydrogen-bond acceptors (Lipinski definition) is 4. The number of hydrogen-bond donors (Lipinski definition) is 1. The van der Waals surface area contributed by atoms with E-state index in [0.29, 0.717) is 11.3 Å². The van der Waals surface area contributed by atoms with Crippen molar-refractivity contribution in [2.45, 2.75) is 45.9 Å². The molecule has 2 aromatic rings. The molecule has 0 aliphatic carbocycles. The zero-order valence-corrected chi connectivity index (χ0v) is 15.5. The molecule has 0 saturated heterocycles. The molecule has 0 saturated carbocycles. The highest BCUT2D eigenvalue weighted by Gasteiger charge is 2.18. The molecule has 0 heterocycles. The fourth-order valence-electron chi connectivity index (χ4n) is 2.39. The molecule has 2 aromatic carbocycles. The first-order valence-electron chi connectivity index (χ1n) is 8.63. The highest BCUT2D eigenvalue weighted by atomic mass is 16.5. The fourth-order valence-corrected chi connectivity index (χ4v) is 2.39. The maximum atomic E-state index is 12.4. The van der Waals surface area contributed by atoms with Gasteiger partial charge in [0.15, 0.2) is 6.10 Å². The van der Waals surface area contributed by atoms with E-state index in [1.165, 1.54) is 0 Å². The second-order valence-electron chi connectivity index (χ2n) is 6.36. The van der Waals surface area contributed by atoms with Gasteiger partial charge in [-0.2, -0.15) is 5.26 Å². The Bertz CT molecular complexity index is 761. The van der Waals surface area contributed by atoms with E-state index in [1.807, 2.05) is 51.1 Å². The van der Waals surface area contributed by atoms with E-state index in [2.05, 4.69) is 5.32 Å². The molecule has 0 aromatic heterocycles. The Hall–Kier alpha value is -3.00. The van der Waals surface area contributed by atoms with Crippen molar-refractivity contribution in [1.82, 2.24) is 5.32 Å². The van der Waals surface area contributed by atoms with Gasteiger partial charge in [0.1, 0.15) is 11.5 Å². The van der Waals surface area contributed by atoms with Crippen LogP contribution in [-0.4, -0.2) is 18.1 Å². The van der Waals surface area contributed by atoms with Gasteiger partial charge in [-0.25, -0.2) is 0 Å². The molecule has 5 heteroatoms. The lowest BCUT2D eigenvalue weighted by Gasteiger charge is -2.19. The zero-order valence-electron chi connectivity index (χ0n) is 15.5. The predicted octanol–water partition coefficient (Wildman–Crippen LogP) is 3.99. The Morgan fingerprint density at radius 2 is 1.46 bits per heavy atom. The summed E-state index contributed by atoms with van der Waals surface area (Å²) in [5, 5.41) is 11.7. The number of benzene rings is 2. The number of carbonyl (C=O) groups excluding carboxylic acids is 1.